The summed E-state index contributed by atoms with van der Waals surface area (Å²) in [5.41, 5.74) is 0.626. The first-order valence-electron chi connectivity index (χ1n) is 7.59. The molecule has 21 heavy (non-hydrogen) atoms. The van der Waals surface area contributed by atoms with E-state index in [4.69, 9.17) is 9.47 Å². The summed E-state index contributed by atoms with van der Waals surface area (Å²) < 4.78 is 10.4. The summed E-state index contributed by atoms with van der Waals surface area (Å²) >= 11 is 0. The van der Waals surface area contributed by atoms with Gasteiger partial charge in [-0.15, -0.1) is 0 Å². The molecule has 0 atom stereocenters. The van der Waals surface area contributed by atoms with Gasteiger partial charge in [0.2, 0.25) is 0 Å². The minimum atomic E-state index is -0.432. The second-order valence-electron chi connectivity index (χ2n) is 5.22. The van der Waals surface area contributed by atoms with Gasteiger partial charge in [0.1, 0.15) is 5.75 Å². The maximum absolute atomic E-state index is 11.7. The molecule has 1 N–H and O–H groups in total. The summed E-state index contributed by atoms with van der Waals surface area (Å²) in [5, 5.41) is 2.70. The molecular weight excluding hydrogens is 268 g/mol. The van der Waals surface area contributed by atoms with E-state index >= 15 is 0 Å². The molecule has 0 aliphatic carbocycles. The van der Waals surface area contributed by atoms with Gasteiger partial charge in [0.05, 0.1) is 19.4 Å². The lowest BCUT2D eigenvalue weighted by Gasteiger charge is -2.26. The zero-order valence-electron chi connectivity index (χ0n) is 12.6. The van der Waals surface area contributed by atoms with Gasteiger partial charge in [-0.1, -0.05) is 18.6 Å². The number of para-hydroxylation sites is 2. The maximum atomic E-state index is 11.7. The highest BCUT2D eigenvalue weighted by atomic mass is 16.5. The van der Waals surface area contributed by atoms with Crippen LogP contribution in [0.4, 0.5) is 10.5 Å². The van der Waals surface area contributed by atoms with Crippen molar-refractivity contribution in [2.45, 2.75) is 25.7 Å². The molecule has 0 aromatic heterocycles. The molecule has 5 heteroatoms. The van der Waals surface area contributed by atoms with Crippen molar-refractivity contribution in [2.75, 3.05) is 38.7 Å². The van der Waals surface area contributed by atoms with E-state index < -0.39 is 6.09 Å². The molecule has 0 saturated carbocycles. The monoisotopic (exact) mass is 292 g/mol. The number of hydrogen-bond acceptors (Lipinski definition) is 4. The fraction of sp³-hybridized carbons (Fsp3) is 0.562. The highest BCUT2D eigenvalue weighted by Gasteiger charge is 2.10. The van der Waals surface area contributed by atoms with Crippen LogP contribution in [0.15, 0.2) is 24.3 Å². The maximum Gasteiger partial charge on any atom is 0.411 e. The first-order chi connectivity index (χ1) is 10.3. The van der Waals surface area contributed by atoms with E-state index in [-0.39, 0.29) is 0 Å². The summed E-state index contributed by atoms with van der Waals surface area (Å²) in [6.45, 7) is 3.79. The number of likely N-dealkylation sites (tertiary alicyclic amines) is 1. The summed E-state index contributed by atoms with van der Waals surface area (Å²) in [6, 6.07) is 7.28. The number of methoxy groups -OCH3 is 1. The Labute approximate surface area is 126 Å². The van der Waals surface area contributed by atoms with Crippen LogP contribution < -0.4 is 10.1 Å². The van der Waals surface area contributed by atoms with Crippen LogP contribution >= 0.6 is 0 Å². The third-order valence-corrected chi connectivity index (χ3v) is 3.64. The van der Waals surface area contributed by atoms with Gasteiger partial charge in [0, 0.05) is 6.54 Å². The Kier molecular flexibility index (Phi) is 6.34. The van der Waals surface area contributed by atoms with E-state index in [0.717, 1.165) is 13.0 Å². The Morgan fingerprint density at radius 2 is 2.00 bits per heavy atom. The van der Waals surface area contributed by atoms with Crippen molar-refractivity contribution in [1.29, 1.82) is 0 Å². The van der Waals surface area contributed by atoms with Gasteiger partial charge >= 0.3 is 6.09 Å². The summed E-state index contributed by atoms with van der Waals surface area (Å²) in [4.78, 5) is 14.2. The molecule has 1 saturated heterocycles. The number of amides is 1. The number of hydrogen-bond donors (Lipinski definition) is 1. The standard InChI is InChI=1S/C16H24N2O3/c1-20-15-9-4-3-8-14(15)17-16(19)21-13-7-12-18-10-5-2-6-11-18/h3-4,8-9H,2,5-7,10-13H2,1H3,(H,17,19). The second-order valence-corrected chi connectivity index (χ2v) is 5.22. The van der Waals surface area contributed by atoms with Crippen molar-refractivity contribution >= 4 is 11.8 Å². The molecular formula is C16H24N2O3. The van der Waals surface area contributed by atoms with E-state index in [1.165, 1.54) is 32.4 Å². The van der Waals surface area contributed by atoms with Crippen LogP contribution in [0, 0.1) is 0 Å². The first-order valence-corrected chi connectivity index (χ1v) is 7.59. The topological polar surface area (TPSA) is 50.8 Å². The largest absolute Gasteiger partial charge is 0.495 e. The lowest BCUT2D eigenvalue weighted by atomic mass is 10.1. The average molecular weight is 292 g/mol. The smallest absolute Gasteiger partial charge is 0.411 e. The third kappa shape index (κ3) is 5.27. The van der Waals surface area contributed by atoms with Gasteiger partial charge in [-0.05, 0) is 44.5 Å². The number of benzene rings is 1. The van der Waals surface area contributed by atoms with E-state index in [0.29, 0.717) is 18.0 Å². The lowest BCUT2D eigenvalue weighted by molar-refractivity contribution is 0.148. The fourth-order valence-corrected chi connectivity index (χ4v) is 2.53. The number of nitrogens with one attached hydrogen (secondary N) is 1. The third-order valence-electron chi connectivity index (χ3n) is 3.64. The number of ether oxygens (including phenoxy) is 2. The molecule has 1 aliphatic heterocycles. The van der Waals surface area contributed by atoms with Crippen LogP contribution in [0.3, 0.4) is 0 Å². The van der Waals surface area contributed by atoms with Gasteiger partial charge < -0.3 is 14.4 Å². The van der Waals surface area contributed by atoms with Crippen molar-refractivity contribution < 1.29 is 14.3 Å². The Hall–Kier alpha value is -1.75. The molecule has 1 aromatic carbocycles. The number of piperidine rings is 1. The van der Waals surface area contributed by atoms with Gasteiger partial charge in [0.15, 0.2) is 0 Å². The Morgan fingerprint density at radius 3 is 2.76 bits per heavy atom. The molecule has 0 spiro atoms. The molecule has 2 rings (SSSR count). The number of rotatable bonds is 6. The summed E-state index contributed by atoms with van der Waals surface area (Å²) in [7, 11) is 1.57. The van der Waals surface area contributed by atoms with Crippen molar-refractivity contribution in [1.82, 2.24) is 4.90 Å². The minimum absolute atomic E-state index is 0.432. The minimum Gasteiger partial charge on any atom is -0.495 e. The molecule has 1 fully saturated rings. The molecule has 1 aliphatic rings. The van der Waals surface area contributed by atoms with Crippen molar-refractivity contribution in [2.24, 2.45) is 0 Å². The van der Waals surface area contributed by atoms with Crippen LogP contribution in [0.1, 0.15) is 25.7 Å². The van der Waals surface area contributed by atoms with Crippen LogP contribution in [-0.2, 0) is 4.74 Å². The van der Waals surface area contributed by atoms with Crippen LogP contribution in [0.5, 0.6) is 5.75 Å². The molecule has 1 amide bonds. The zero-order chi connectivity index (χ0) is 14.9. The first kappa shape index (κ1) is 15.6. The second kappa shape index (κ2) is 8.52. The van der Waals surface area contributed by atoms with Gasteiger partial charge in [-0.25, -0.2) is 4.79 Å². The molecule has 0 bridgehead atoms. The van der Waals surface area contributed by atoms with Crippen LogP contribution in [-0.4, -0.2) is 44.3 Å². The zero-order valence-corrected chi connectivity index (χ0v) is 12.6. The van der Waals surface area contributed by atoms with E-state index in [1.54, 1.807) is 19.2 Å². The fourth-order valence-electron chi connectivity index (χ4n) is 2.53. The summed E-state index contributed by atoms with van der Waals surface area (Å²) in [5.74, 6) is 0.628. The van der Waals surface area contributed by atoms with Gasteiger partial charge in [0.25, 0.3) is 0 Å². The number of carbonyl (C=O) groups excluding carboxylic acids is 1. The predicted molar refractivity (Wildman–Crippen MR) is 82.9 cm³/mol. The molecule has 5 nitrogen and oxygen atoms in total. The SMILES string of the molecule is COc1ccccc1NC(=O)OCCCN1CCCCC1. The highest BCUT2D eigenvalue weighted by Crippen LogP contribution is 2.23. The van der Waals surface area contributed by atoms with Crippen molar-refractivity contribution in [3.8, 4) is 5.75 Å². The molecule has 116 valence electrons. The number of anilines is 1. The number of carbonyl (C=O) groups is 1. The average Bonchev–Trinajstić information content (AvgIpc) is 2.53. The van der Waals surface area contributed by atoms with Crippen LogP contribution in [0.2, 0.25) is 0 Å². The lowest BCUT2D eigenvalue weighted by Crippen LogP contribution is -2.31. The quantitative estimate of drug-likeness (QED) is 0.818. The Balaban J connectivity index is 1.65. The van der Waals surface area contributed by atoms with Gasteiger partial charge in [-0.3, -0.25) is 5.32 Å². The molecule has 1 heterocycles. The molecule has 0 unspecified atom stereocenters. The predicted octanol–water partition coefficient (Wildman–Crippen LogP) is 3.12. The van der Waals surface area contributed by atoms with E-state index in [1.807, 2.05) is 12.1 Å². The van der Waals surface area contributed by atoms with Gasteiger partial charge in [-0.2, -0.15) is 0 Å². The molecule has 1 aromatic rings. The van der Waals surface area contributed by atoms with E-state index in [2.05, 4.69) is 10.2 Å². The molecule has 0 radical (unpaired) electrons. The van der Waals surface area contributed by atoms with Crippen LogP contribution in [0.25, 0.3) is 0 Å². The Morgan fingerprint density at radius 1 is 1.24 bits per heavy atom. The van der Waals surface area contributed by atoms with E-state index in [9.17, 15) is 4.79 Å². The number of nitrogens with zero attached hydrogens (tertiary/aromatic N) is 1. The van der Waals surface area contributed by atoms with Crippen molar-refractivity contribution in [3.05, 3.63) is 24.3 Å². The summed E-state index contributed by atoms with van der Waals surface area (Å²) in [6.07, 6.45) is 4.36. The normalized spacial score (nSPS) is 15.5. The van der Waals surface area contributed by atoms with Crippen molar-refractivity contribution in [3.63, 3.8) is 0 Å². The Bertz CT molecular complexity index is 445. The highest BCUT2D eigenvalue weighted by molar-refractivity contribution is 5.86.